The van der Waals surface area contributed by atoms with E-state index in [0.29, 0.717) is 18.1 Å². The molecule has 23 heavy (non-hydrogen) atoms. The van der Waals surface area contributed by atoms with Crippen molar-refractivity contribution in [3.63, 3.8) is 0 Å². The summed E-state index contributed by atoms with van der Waals surface area (Å²) in [4.78, 5) is 4.68. The lowest BCUT2D eigenvalue weighted by Crippen LogP contribution is -2.59. The topological polar surface area (TPSA) is 49.9 Å². The number of rotatable bonds is 6. The third-order valence-electron chi connectivity index (χ3n) is 5.02. The Labute approximate surface area is 139 Å². The maximum Gasteiger partial charge on any atom is 0.153 e. The van der Waals surface area contributed by atoms with Gasteiger partial charge in [0.05, 0.1) is 18.1 Å². The summed E-state index contributed by atoms with van der Waals surface area (Å²) in [5.41, 5.74) is 1.31. The van der Waals surface area contributed by atoms with Crippen molar-refractivity contribution in [1.82, 2.24) is 9.80 Å². The lowest BCUT2D eigenvalue weighted by atomic mass is 10.0. The van der Waals surface area contributed by atoms with Gasteiger partial charge in [0.25, 0.3) is 0 Å². The van der Waals surface area contributed by atoms with E-state index in [1.807, 2.05) is 6.07 Å². The second kappa shape index (κ2) is 7.30. The molecule has 2 atom stereocenters. The minimum atomic E-state index is -2.93. The molecule has 128 valence electrons. The lowest BCUT2D eigenvalue weighted by molar-refractivity contribution is 0.0300. The Kier molecular flexibility index (Phi) is 5.36. The second-order valence-electron chi connectivity index (χ2n) is 6.51. The molecule has 2 aliphatic rings. The quantitative estimate of drug-likeness (QED) is 0.763. The highest BCUT2D eigenvalue weighted by Crippen LogP contribution is 2.27. The summed E-state index contributed by atoms with van der Waals surface area (Å²) in [6.45, 7) is 4.27. The number of sulfone groups is 1. The third kappa shape index (κ3) is 4.12. The average Bonchev–Trinajstić information content (AvgIpc) is 2.87. The van der Waals surface area contributed by atoms with E-state index in [1.54, 1.807) is 7.11 Å². The number of methoxy groups -OCH3 is 1. The van der Waals surface area contributed by atoms with Crippen LogP contribution in [0.4, 0.5) is 0 Å². The standard InChI is InChI=1S/C17H26N2O3S/c1-22-12-11-19-10-9-18(8-7-15-5-3-2-4-6-15)16-13-23(20,21)14-17(16)19/h2-6,16-17H,7-14H2,1H3/t16-,17+/m1/s1. The van der Waals surface area contributed by atoms with E-state index < -0.39 is 9.84 Å². The first-order valence-corrected chi connectivity index (χ1v) is 10.1. The molecule has 0 aliphatic carbocycles. The third-order valence-corrected chi connectivity index (χ3v) is 6.72. The molecule has 0 unspecified atom stereocenters. The van der Waals surface area contributed by atoms with Gasteiger partial charge in [-0.15, -0.1) is 0 Å². The SMILES string of the molecule is COCCN1CCN(CCc2ccccc2)[C@@H]2CS(=O)(=O)C[C@@H]21. The highest BCUT2D eigenvalue weighted by Gasteiger charge is 2.45. The van der Waals surface area contributed by atoms with E-state index in [-0.39, 0.29) is 12.1 Å². The molecule has 0 saturated carbocycles. The Balaban J connectivity index is 1.66. The first kappa shape index (κ1) is 16.9. The van der Waals surface area contributed by atoms with Crippen molar-refractivity contribution < 1.29 is 13.2 Å². The Hall–Kier alpha value is -0.950. The predicted octanol–water partition coefficient (Wildman–Crippen LogP) is 0.659. The molecule has 0 bridgehead atoms. The van der Waals surface area contributed by atoms with Crippen LogP contribution in [0, 0.1) is 0 Å². The molecule has 1 aromatic rings. The van der Waals surface area contributed by atoms with E-state index in [0.717, 1.165) is 32.6 Å². The molecule has 2 saturated heterocycles. The summed E-state index contributed by atoms with van der Waals surface area (Å²) in [5.74, 6) is 0.596. The fraction of sp³-hybridized carbons (Fsp3) is 0.647. The Morgan fingerprint density at radius 3 is 2.26 bits per heavy atom. The van der Waals surface area contributed by atoms with E-state index in [1.165, 1.54) is 5.56 Å². The number of hydrogen-bond donors (Lipinski definition) is 0. The van der Waals surface area contributed by atoms with Crippen LogP contribution in [0.2, 0.25) is 0 Å². The van der Waals surface area contributed by atoms with Gasteiger partial charge < -0.3 is 4.74 Å². The summed E-state index contributed by atoms with van der Waals surface area (Å²) in [6.07, 6.45) is 0.974. The maximum absolute atomic E-state index is 12.2. The zero-order chi connectivity index (χ0) is 16.3. The number of fused-ring (bicyclic) bond motifs is 1. The number of ether oxygens (including phenoxy) is 1. The molecule has 6 heteroatoms. The molecule has 0 amide bonds. The Morgan fingerprint density at radius 1 is 1.04 bits per heavy atom. The van der Waals surface area contributed by atoms with Gasteiger partial charge in [0.2, 0.25) is 0 Å². The van der Waals surface area contributed by atoms with Gasteiger partial charge in [-0.05, 0) is 12.0 Å². The van der Waals surface area contributed by atoms with Crippen LogP contribution in [-0.2, 0) is 21.0 Å². The monoisotopic (exact) mass is 338 g/mol. The number of piperazine rings is 1. The van der Waals surface area contributed by atoms with Gasteiger partial charge in [-0.25, -0.2) is 8.42 Å². The largest absolute Gasteiger partial charge is 0.383 e. The van der Waals surface area contributed by atoms with Gasteiger partial charge >= 0.3 is 0 Å². The van der Waals surface area contributed by atoms with Gasteiger partial charge in [-0.1, -0.05) is 30.3 Å². The van der Waals surface area contributed by atoms with Crippen LogP contribution in [0.5, 0.6) is 0 Å². The predicted molar refractivity (Wildman–Crippen MR) is 91.4 cm³/mol. The van der Waals surface area contributed by atoms with Gasteiger partial charge in [0.1, 0.15) is 0 Å². The first-order valence-electron chi connectivity index (χ1n) is 8.30. The normalized spacial score (nSPS) is 27.9. The Bertz CT molecular complexity index is 606. The van der Waals surface area contributed by atoms with Crippen LogP contribution in [0.3, 0.4) is 0 Å². The van der Waals surface area contributed by atoms with Crippen molar-refractivity contribution in [2.75, 3.05) is 51.4 Å². The number of hydrogen-bond acceptors (Lipinski definition) is 5. The van der Waals surface area contributed by atoms with E-state index in [2.05, 4.69) is 34.1 Å². The van der Waals surface area contributed by atoms with Crippen molar-refractivity contribution in [2.45, 2.75) is 18.5 Å². The molecule has 0 N–H and O–H groups in total. The highest BCUT2D eigenvalue weighted by molar-refractivity contribution is 7.91. The summed E-state index contributed by atoms with van der Waals surface area (Å²) in [5, 5.41) is 0. The number of benzene rings is 1. The maximum atomic E-state index is 12.2. The fourth-order valence-corrected chi connectivity index (χ4v) is 5.82. The van der Waals surface area contributed by atoms with Gasteiger partial charge in [0.15, 0.2) is 9.84 Å². The minimum Gasteiger partial charge on any atom is -0.383 e. The molecular formula is C17H26N2O3S. The molecule has 0 radical (unpaired) electrons. The van der Waals surface area contributed by atoms with Crippen molar-refractivity contribution in [2.24, 2.45) is 0 Å². The van der Waals surface area contributed by atoms with Gasteiger partial charge in [-0.2, -0.15) is 0 Å². The number of nitrogens with zero attached hydrogens (tertiary/aromatic N) is 2. The van der Waals surface area contributed by atoms with Crippen LogP contribution in [-0.4, -0.2) is 81.7 Å². The second-order valence-corrected chi connectivity index (χ2v) is 8.67. The zero-order valence-electron chi connectivity index (χ0n) is 13.7. The van der Waals surface area contributed by atoms with Crippen LogP contribution in [0.25, 0.3) is 0 Å². The molecule has 2 fully saturated rings. The van der Waals surface area contributed by atoms with Crippen LogP contribution >= 0.6 is 0 Å². The molecule has 5 nitrogen and oxygen atoms in total. The molecule has 1 aromatic carbocycles. The fourth-order valence-electron chi connectivity index (χ4n) is 3.78. The van der Waals surface area contributed by atoms with Crippen LogP contribution in [0.15, 0.2) is 30.3 Å². The van der Waals surface area contributed by atoms with E-state index in [9.17, 15) is 8.42 Å². The smallest absolute Gasteiger partial charge is 0.153 e. The van der Waals surface area contributed by atoms with E-state index in [4.69, 9.17) is 4.74 Å². The van der Waals surface area contributed by atoms with Crippen LogP contribution in [0.1, 0.15) is 5.56 Å². The van der Waals surface area contributed by atoms with Crippen molar-refractivity contribution in [3.05, 3.63) is 35.9 Å². The molecule has 2 aliphatic heterocycles. The summed E-state index contributed by atoms with van der Waals surface area (Å²) in [6, 6.07) is 10.7. The first-order chi connectivity index (χ1) is 11.1. The zero-order valence-corrected chi connectivity index (χ0v) is 14.5. The highest BCUT2D eigenvalue weighted by atomic mass is 32.2. The van der Waals surface area contributed by atoms with Crippen LogP contribution < -0.4 is 0 Å². The van der Waals surface area contributed by atoms with Crippen molar-refractivity contribution in [1.29, 1.82) is 0 Å². The van der Waals surface area contributed by atoms with E-state index >= 15 is 0 Å². The summed E-state index contributed by atoms with van der Waals surface area (Å²) in [7, 11) is -1.23. The molecule has 0 aromatic heterocycles. The van der Waals surface area contributed by atoms with Gasteiger partial charge in [-0.3, -0.25) is 9.80 Å². The van der Waals surface area contributed by atoms with Gasteiger partial charge in [0, 0.05) is 45.4 Å². The molecular weight excluding hydrogens is 312 g/mol. The molecule has 0 spiro atoms. The molecule has 3 rings (SSSR count). The lowest BCUT2D eigenvalue weighted by Gasteiger charge is -2.44. The van der Waals surface area contributed by atoms with Crippen molar-refractivity contribution >= 4 is 9.84 Å². The summed E-state index contributed by atoms with van der Waals surface area (Å²) >= 11 is 0. The van der Waals surface area contributed by atoms with Crippen molar-refractivity contribution in [3.8, 4) is 0 Å². The minimum absolute atomic E-state index is 0.125. The summed E-state index contributed by atoms with van der Waals surface area (Å²) < 4.78 is 29.5. The Morgan fingerprint density at radius 2 is 1.65 bits per heavy atom. The average molecular weight is 338 g/mol. The molecule has 2 heterocycles.